The molecule has 1 aliphatic rings. The van der Waals surface area contributed by atoms with E-state index in [1.54, 1.807) is 30.2 Å². The normalized spacial score (nSPS) is 16.2. The van der Waals surface area contributed by atoms with Crippen LogP contribution in [0.25, 0.3) is 0 Å². The quantitative estimate of drug-likeness (QED) is 0.874. The maximum atomic E-state index is 13.4. The highest BCUT2D eigenvalue weighted by Gasteiger charge is 2.33. The Labute approximate surface area is 124 Å². The van der Waals surface area contributed by atoms with Gasteiger partial charge in [-0.25, -0.2) is 9.18 Å². The van der Waals surface area contributed by atoms with Gasteiger partial charge in [0.15, 0.2) is 11.6 Å². The third kappa shape index (κ3) is 4.07. The molecular weight excluding hydrogens is 275 g/mol. The van der Waals surface area contributed by atoms with Gasteiger partial charge in [-0.2, -0.15) is 0 Å². The standard InChI is InChI=1S/C15H21FN2O3/c1-3-11(10-20-2)17-15(19)18-8-12(9-18)21-14-7-5-4-6-13(14)16/h4-7,11-12H,3,8-10H2,1-2H3,(H,17,19)/t11-/m1/s1. The lowest BCUT2D eigenvalue weighted by Crippen LogP contribution is -2.60. The van der Waals surface area contributed by atoms with Gasteiger partial charge in [0.25, 0.3) is 0 Å². The fraction of sp³-hybridized carbons (Fsp3) is 0.533. The van der Waals surface area contributed by atoms with Gasteiger partial charge in [0, 0.05) is 7.11 Å². The fourth-order valence-corrected chi connectivity index (χ4v) is 2.13. The lowest BCUT2D eigenvalue weighted by molar-refractivity contribution is 0.0394. The monoisotopic (exact) mass is 296 g/mol. The number of benzene rings is 1. The number of carbonyl (C=O) groups excluding carboxylic acids is 1. The van der Waals surface area contributed by atoms with Gasteiger partial charge >= 0.3 is 6.03 Å². The highest BCUT2D eigenvalue weighted by Crippen LogP contribution is 2.21. The van der Waals surface area contributed by atoms with Crippen molar-refractivity contribution in [3.8, 4) is 5.75 Å². The minimum Gasteiger partial charge on any atom is -0.484 e. The zero-order chi connectivity index (χ0) is 15.2. The number of likely N-dealkylation sites (tertiary alicyclic amines) is 1. The Kier molecular flexibility index (Phi) is 5.38. The molecule has 0 unspecified atom stereocenters. The molecule has 1 aromatic carbocycles. The summed E-state index contributed by atoms with van der Waals surface area (Å²) in [6.07, 6.45) is 0.651. The van der Waals surface area contributed by atoms with E-state index in [9.17, 15) is 9.18 Å². The molecule has 0 aromatic heterocycles. The molecule has 1 aliphatic heterocycles. The van der Waals surface area contributed by atoms with E-state index in [4.69, 9.17) is 9.47 Å². The Hall–Kier alpha value is -1.82. The first-order valence-electron chi connectivity index (χ1n) is 7.09. The van der Waals surface area contributed by atoms with Crippen LogP contribution in [-0.4, -0.2) is 49.9 Å². The number of rotatable bonds is 6. The second-order valence-corrected chi connectivity index (χ2v) is 5.09. The van der Waals surface area contributed by atoms with Gasteiger partial charge in [-0.3, -0.25) is 0 Å². The van der Waals surface area contributed by atoms with Crippen molar-refractivity contribution in [2.45, 2.75) is 25.5 Å². The molecule has 5 nitrogen and oxygen atoms in total. The van der Waals surface area contributed by atoms with Crippen molar-refractivity contribution in [2.75, 3.05) is 26.8 Å². The molecule has 21 heavy (non-hydrogen) atoms. The second-order valence-electron chi connectivity index (χ2n) is 5.09. The first-order valence-corrected chi connectivity index (χ1v) is 7.09. The molecule has 1 atom stereocenters. The molecule has 2 amide bonds. The highest BCUT2D eigenvalue weighted by atomic mass is 19.1. The topological polar surface area (TPSA) is 50.8 Å². The van der Waals surface area contributed by atoms with E-state index in [2.05, 4.69) is 5.32 Å². The minimum atomic E-state index is -0.383. The summed E-state index contributed by atoms with van der Waals surface area (Å²) in [6, 6.07) is 6.15. The summed E-state index contributed by atoms with van der Waals surface area (Å²) in [7, 11) is 1.61. The average molecular weight is 296 g/mol. The molecule has 1 N–H and O–H groups in total. The summed E-state index contributed by atoms with van der Waals surface area (Å²) >= 11 is 0. The molecule has 0 aliphatic carbocycles. The summed E-state index contributed by atoms with van der Waals surface area (Å²) in [5.41, 5.74) is 0. The molecule has 6 heteroatoms. The smallest absolute Gasteiger partial charge is 0.317 e. The van der Waals surface area contributed by atoms with Crippen LogP contribution in [0.4, 0.5) is 9.18 Å². The van der Waals surface area contributed by atoms with Crippen LogP contribution in [0.15, 0.2) is 24.3 Å². The first kappa shape index (κ1) is 15.6. The predicted octanol–water partition coefficient (Wildman–Crippen LogP) is 2.02. The van der Waals surface area contributed by atoms with E-state index < -0.39 is 0 Å². The molecule has 0 saturated carbocycles. The number of nitrogens with one attached hydrogen (secondary N) is 1. The molecule has 1 aromatic rings. The zero-order valence-electron chi connectivity index (χ0n) is 12.3. The number of ether oxygens (including phenoxy) is 2. The Morgan fingerprint density at radius 1 is 1.48 bits per heavy atom. The SMILES string of the molecule is CC[C@H](COC)NC(=O)N1CC(Oc2ccccc2F)C1. The van der Waals surface area contributed by atoms with E-state index in [0.29, 0.717) is 19.7 Å². The number of para-hydroxylation sites is 1. The summed E-state index contributed by atoms with van der Waals surface area (Å²) < 4.78 is 24.0. The number of hydrogen-bond donors (Lipinski definition) is 1. The molecule has 1 heterocycles. The molecule has 0 radical (unpaired) electrons. The van der Waals surface area contributed by atoms with E-state index in [-0.39, 0.29) is 29.7 Å². The molecule has 116 valence electrons. The molecule has 2 rings (SSSR count). The van der Waals surface area contributed by atoms with Crippen LogP contribution in [0, 0.1) is 5.82 Å². The van der Waals surface area contributed by atoms with Gasteiger partial charge in [-0.1, -0.05) is 19.1 Å². The molecule has 1 saturated heterocycles. The van der Waals surface area contributed by atoms with Crippen LogP contribution < -0.4 is 10.1 Å². The lowest BCUT2D eigenvalue weighted by Gasteiger charge is -2.39. The van der Waals surface area contributed by atoms with Crippen LogP contribution in [0.3, 0.4) is 0 Å². The van der Waals surface area contributed by atoms with Crippen LogP contribution in [0.1, 0.15) is 13.3 Å². The van der Waals surface area contributed by atoms with Crippen molar-refractivity contribution in [1.29, 1.82) is 0 Å². The van der Waals surface area contributed by atoms with E-state index in [1.165, 1.54) is 6.07 Å². The zero-order valence-corrected chi connectivity index (χ0v) is 12.3. The molecule has 0 bridgehead atoms. The van der Waals surface area contributed by atoms with Crippen molar-refractivity contribution in [1.82, 2.24) is 10.2 Å². The summed E-state index contributed by atoms with van der Waals surface area (Å²) in [4.78, 5) is 13.6. The summed E-state index contributed by atoms with van der Waals surface area (Å²) in [5, 5.41) is 2.90. The Bertz CT molecular complexity index is 478. The minimum absolute atomic E-state index is 0.00837. The number of amides is 2. The Morgan fingerprint density at radius 3 is 2.81 bits per heavy atom. The molecular formula is C15H21FN2O3. The van der Waals surface area contributed by atoms with Gasteiger partial charge in [0.05, 0.1) is 25.7 Å². The van der Waals surface area contributed by atoms with Crippen molar-refractivity contribution in [2.24, 2.45) is 0 Å². The summed E-state index contributed by atoms with van der Waals surface area (Å²) in [6.45, 7) is 3.41. The van der Waals surface area contributed by atoms with Crippen LogP contribution in [0.5, 0.6) is 5.75 Å². The van der Waals surface area contributed by atoms with Crippen LogP contribution in [0.2, 0.25) is 0 Å². The molecule has 1 fully saturated rings. The van der Waals surface area contributed by atoms with Crippen molar-refractivity contribution in [3.05, 3.63) is 30.1 Å². The highest BCUT2D eigenvalue weighted by molar-refractivity contribution is 5.75. The number of carbonyl (C=O) groups is 1. The average Bonchev–Trinajstić information content (AvgIpc) is 2.43. The maximum Gasteiger partial charge on any atom is 0.317 e. The van der Waals surface area contributed by atoms with Crippen LogP contribution >= 0.6 is 0 Å². The third-order valence-corrected chi connectivity index (χ3v) is 3.45. The van der Waals surface area contributed by atoms with Gasteiger partial charge < -0.3 is 19.7 Å². The van der Waals surface area contributed by atoms with Crippen LogP contribution in [-0.2, 0) is 4.74 Å². The number of halogens is 1. The Morgan fingerprint density at radius 2 is 2.19 bits per heavy atom. The lowest BCUT2D eigenvalue weighted by atomic mass is 10.1. The fourth-order valence-electron chi connectivity index (χ4n) is 2.13. The molecule has 0 spiro atoms. The van der Waals surface area contributed by atoms with Crippen molar-refractivity contribution >= 4 is 6.03 Å². The third-order valence-electron chi connectivity index (χ3n) is 3.45. The maximum absolute atomic E-state index is 13.4. The van der Waals surface area contributed by atoms with E-state index >= 15 is 0 Å². The second kappa shape index (κ2) is 7.26. The van der Waals surface area contributed by atoms with E-state index in [0.717, 1.165) is 6.42 Å². The predicted molar refractivity (Wildman–Crippen MR) is 76.9 cm³/mol. The number of hydrogen-bond acceptors (Lipinski definition) is 3. The van der Waals surface area contributed by atoms with Gasteiger partial charge in [0.1, 0.15) is 6.10 Å². The van der Waals surface area contributed by atoms with Crippen molar-refractivity contribution < 1.29 is 18.7 Å². The van der Waals surface area contributed by atoms with Crippen molar-refractivity contribution in [3.63, 3.8) is 0 Å². The number of urea groups is 1. The van der Waals surface area contributed by atoms with Gasteiger partial charge in [-0.15, -0.1) is 0 Å². The summed E-state index contributed by atoms with van der Waals surface area (Å²) in [5.74, 6) is -0.153. The van der Waals surface area contributed by atoms with Gasteiger partial charge in [0.2, 0.25) is 0 Å². The number of nitrogens with zero attached hydrogens (tertiary/aromatic N) is 1. The number of methoxy groups -OCH3 is 1. The van der Waals surface area contributed by atoms with E-state index in [1.807, 2.05) is 6.92 Å². The van der Waals surface area contributed by atoms with Gasteiger partial charge in [-0.05, 0) is 18.6 Å². The Balaban J connectivity index is 1.76. The largest absolute Gasteiger partial charge is 0.484 e. The first-order chi connectivity index (χ1) is 10.1.